The Hall–Kier alpha value is -0.490. The number of hydrogen-bond acceptors (Lipinski definition) is 5. The minimum absolute atomic E-state index is 0.0154. The van der Waals surface area contributed by atoms with Gasteiger partial charge in [0.25, 0.3) is 0 Å². The molecule has 160 valence electrons. The lowest BCUT2D eigenvalue weighted by Crippen LogP contribution is -2.62. The van der Waals surface area contributed by atoms with E-state index in [1.165, 1.54) is 6.38 Å². The van der Waals surface area contributed by atoms with Gasteiger partial charge >= 0.3 is 0 Å². The summed E-state index contributed by atoms with van der Waals surface area (Å²) in [5.41, 5.74) is -2.40. The number of Topliss-reactive ketones (excluding diaryl/α,β-unsaturated/α-hetero) is 2. The van der Waals surface area contributed by atoms with Crippen LogP contribution in [0.3, 0.4) is 0 Å². The number of aliphatic hydroxyl groups is 3. The molecule has 5 nitrogen and oxygen atoms in total. The lowest BCUT2D eigenvalue weighted by Gasteiger charge is -2.60. The third kappa shape index (κ3) is 2.91. The van der Waals surface area contributed by atoms with Crippen LogP contribution in [0.15, 0.2) is 0 Å². The molecule has 4 aliphatic carbocycles. The fourth-order valence-corrected chi connectivity index (χ4v) is 7.64. The first kappa shape index (κ1) is 22.2. The maximum Gasteiger partial charge on any atom is 0.190 e. The first-order valence-corrected chi connectivity index (χ1v) is 11.4. The van der Waals surface area contributed by atoms with Crippen molar-refractivity contribution >= 4 is 23.2 Å². The number of aliphatic hydroxyl groups excluding tert-OH is 2. The summed E-state index contributed by atoms with van der Waals surface area (Å²) in [6.07, 6.45) is 6.95. The van der Waals surface area contributed by atoms with Crippen LogP contribution in [-0.4, -0.2) is 51.6 Å². The lowest BCUT2D eigenvalue weighted by molar-refractivity contribution is -0.180. The van der Waals surface area contributed by atoms with E-state index < -0.39 is 23.4 Å². The van der Waals surface area contributed by atoms with Crippen molar-refractivity contribution in [3.8, 4) is 0 Å². The van der Waals surface area contributed by atoms with Crippen molar-refractivity contribution in [3.05, 3.63) is 0 Å². The second kappa shape index (κ2) is 7.64. The highest BCUT2D eigenvalue weighted by Gasteiger charge is 2.68. The van der Waals surface area contributed by atoms with Crippen LogP contribution in [0.5, 0.6) is 0 Å². The average molecular weight is 415 g/mol. The van der Waals surface area contributed by atoms with Crippen molar-refractivity contribution in [2.75, 3.05) is 13.0 Å². The van der Waals surface area contributed by atoms with Gasteiger partial charge in [0, 0.05) is 24.1 Å². The number of halogens is 1. The number of carbonyl (C=O) groups excluding carboxylic acids is 2. The molecule has 4 saturated carbocycles. The fraction of sp³-hybridized carbons (Fsp3) is 0.909. The first-order valence-electron chi connectivity index (χ1n) is 10.6. The number of hydrogen-bond donors (Lipinski definition) is 3. The third-order valence-corrected chi connectivity index (χ3v) is 9.08. The van der Waals surface area contributed by atoms with Gasteiger partial charge in [-0.2, -0.15) is 0 Å². The van der Waals surface area contributed by atoms with Crippen LogP contribution in [0.4, 0.5) is 0 Å². The monoisotopic (exact) mass is 414 g/mol. The first-order chi connectivity index (χ1) is 13.2. The molecule has 0 spiro atoms. The van der Waals surface area contributed by atoms with Crippen LogP contribution >= 0.6 is 11.6 Å². The van der Waals surface area contributed by atoms with E-state index in [0.717, 1.165) is 38.5 Å². The van der Waals surface area contributed by atoms with Crippen molar-refractivity contribution in [3.63, 3.8) is 0 Å². The van der Waals surface area contributed by atoms with E-state index in [9.17, 15) is 24.9 Å². The predicted octanol–water partition coefficient (Wildman–Crippen LogP) is 2.72. The molecule has 0 aromatic carbocycles. The summed E-state index contributed by atoms with van der Waals surface area (Å²) in [4.78, 5) is 25.7. The van der Waals surface area contributed by atoms with Gasteiger partial charge in [-0.3, -0.25) is 9.59 Å². The highest BCUT2D eigenvalue weighted by atomic mass is 35.5. The molecule has 0 bridgehead atoms. The summed E-state index contributed by atoms with van der Waals surface area (Å²) in [5.74, 6) is 0.380. The summed E-state index contributed by atoms with van der Waals surface area (Å²) in [5, 5.41) is 30.6. The molecule has 4 fully saturated rings. The Kier molecular flexibility index (Phi) is 6.06. The zero-order chi connectivity index (χ0) is 20.9. The van der Waals surface area contributed by atoms with Crippen molar-refractivity contribution < 1.29 is 24.9 Å². The number of carbonyl (C=O) groups is 2. The number of fused-ring (bicyclic) bond motifs is 5. The molecule has 0 aromatic heterocycles. The maximum atomic E-state index is 13.4. The van der Waals surface area contributed by atoms with Crippen LogP contribution in [0.25, 0.3) is 0 Å². The van der Waals surface area contributed by atoms with Gasteiger partial charge in [0.05, 0.1) is 6.10 Å². The van der Waals surface area contributed by atoms with E-state index in [1.54, 1.807) is 0 Å². The molecule has 0 radical (unpaired) electrons. The number of ketones is 2. The summed E-state index contributed by atoms with van der Waals surface area (Å²) in [6.45, 7) is 3.46. The van der Waals surface area contributed by atoms with Crippen LogP contribution in [0, 0.1) is 34.5 Å². The van der Waals surface area contributed by atoms with E-state index >= 15 is 0 Å². The lowest BCUT2D eigenvalue weighted by atomic mass is 9.44. The molecule has 0 aliphatic heterocycles. The molecule has 0 saturated heterocycles. The normalized spacial score (nSPS) is 50.0. The summed E-state index contributed by atoms with van der Waals surface area (Å²) in [7, 11) is 0. The zero-order valence-corrected chi connectivity index (χ0v) is 18.0. The van der Waals surface area contributed by atoms with Crippen LogP contribution in [0.2, 0.25) is 0 Å². The van der Waals surface area contributed by atoms with Crippen molar-refractivity contribution in [1.82, 2.24) is 0 Å². The maximum absolute atomic E-state index is 13.4. The summed E-state index contributed by atoms with van der Waals surface area (Å²) in [6, 6.07) is 0. The third-order valence-electron chi connectivity index (χ3n) is 9.08. The molecule has 28 heavy (non-hydrogen) atoms. The Morgan fingerprint density at radius 1 is 1.14 bits per heavy atom. The minimum Gasteiger partial charge on any atom is -0.393 e. The van der Waals surface area contributed by atoms with Crippen molar-refractivity contribution in [1.29, 1.82) is 0 Å². The van der Waals surface area contributed by atoms with E-state index in [2.05, 4.69) is 18.5 Å². The number of rotatable bonds is 2. The second-order valence-electron chi connectivity index (χ2n) is 10.00. The molecule has 8 atom stereocenters. The quantitative estimate of drug-likeness (QED) is 0.604. The molecule has 0 unspecified atom stereocenters. The predicted molar refractivity (Wildman–Crippen MR) is 107 cm³/mol. The molecule has 4 aliphatic rings. The van der Waals surface area contributed by atoms with Gasteiger partial charge in [0.2, 0.25) is 0 Å². The molecular weight excluding hydrogens is 380 g/mol. The van der Waals surface area contributed by atoms with Crippen LogP contribution in [-0.2, 0) is 9.59 Å². The minimum atomic E-state index is -1.58. The van der Waals surface area contributed by atoms with E-state index in [4.69, 9.17) is 0 Å². The summed E-state index contributed by atoms with van der Waals surface area (Å²) < 4.78 is 0. The Bertz CT molecular complexity index is 638. The molecule has 0 heterocycles. The summed E-state index contributed by atoms with van der Waals surface area (Å²) >= 11 is 4.64. The van der Waals surface area contributed by atoms with Gasteiger partial charge in [-0.1, -0.05) is 13.8 Å². The van der Waals surface area contributed by atoms with Crippen LogP contribution < -0.4 is 0 Å². The fourth-order valence-electron chi connectivity index (χ4n) is 7.64. The van der Waals surface area contributed by atoms with E-state index in [0.29, 0.717) is 12.3 Å². The molecule has 3 N–H and O–H groups in total. The van der Waals surface area contributed by atoms with E-state index in [-0.39, 0.29) is 41.5 Å². The highest BCUT2D eigenvalue weighted by Crippen LogP contribution is 2.67. The SMILES string of the molecule is CCl.C[C@]12CC[C@@H](O)C[C@H]1CC[C@@H]1[C@@H]2C(=O)C[C@@]2(C)[C@H]1CC[C@]2(O)C(=O)CO. The topological polar surface area (TPSA) is 94.8 Å². The molecular formula is C22H35ClO5. The molecule has 4 rings (SSSR count). The Morgan fingerprint density at radius 2 is 1.82 bits per heavy atom. The zero-order valence-electron chi connectivity index (χ0n) is 17.3. The Morgan fingerprint density at radius 3 is 2.46 bits per heavy atom. The Labute approximate surface area is 172 Å². The van der Waals surface area contributed by atoms with Gasteiger partial charge in [0.15, 0.2) is 5.78 Å². The number of alkyl halides is 1. The smallest absolute Gasteiger partial charge is 0.190 e. The standard InChI is InChI=1S/C21H32O5.CH3Cl/c1-19-7-5-13(23)9-12(19)3-4-14-15-6-8-21(26,17(25)11-22)20(15,2)10-16(24)18(14)19;1-2/h12-15,18,22-23,26H,3-11H2,1-2H3;1H3/t12-,13-,14+,15+,18-,19+,20+,21+;/m1./s1. The second-order valence-corrected chi connectivity index (χ2v) is 10.00. The molecule has 6 heteroatoms. The van der Waals surface area contributed by atoms with Crippen molar-refractivity contribution in [2.24, 2.45) is 34.5 Å². The molecule has 0 amide bonds. The van der Waals surface area contributed by atoms with Gasteiger partial charge < -0.3 is 15.3 Å². The average Bonchev–Trinajstić information content (AvgIpc) is 2.94. The van der Waals surface area contributed by atoms with Gasteiger partial charge in [-0.15, -0.1) is 11.6 Å². The van der Waals surface area contributed by atoms with Gasteiger partial charge in [-0.05, 0) is 68.1 Å². The van der Waals surface area contributed by atoms with Crippen molar-refractivity contribution in [2.45, 2.75) is 76.9 Å². The van der Waals surface area contributed by atoms with Crippen LogP contribution in [0.1, 0.15) is 65.2 Å². The van der Waals surface area contributed by atoms with E-state index in [1.807, 2.05) is 6.92 Å². The van der Waals surface area contributed by atoms with Gasteiger partial charge in [0.1, 0.15) is 18.0 Å². The highest BCUT2D eigenvalue weighted by molar-refractivity contribution is 6.15. The molecule has 0 aromatic rings. The largest absolute Gasteiger partial charge is 0.393 e. The van der Waals surface area contributed by atoms with Gasteiger partial charge in [-0.25, -0.2) is 0 Å². The Balaban J connectivity index is 0.00000109.